The van der Waals surface area contributed by atoms with Crippen LogP contribution in [0.1, 0.15) is 226 Å². The van der Waals surface area contributed by atoms with Gasteiger partial charge in [0.25, 0.3) is 0 Å². The predicted molar refractivity (Wildman–Crippen MR) is 308 cm³/mol. The maximum Gasteiger partial charge on any atom is 0.333 e. The third-order valence-electron chi connectivity index (χ3n) is 14.1. The van der Waals surface area contributed by atoms with Crippen LogP contribution in [-0.4, -0.2) is 96.6 Å². The third-order valence-corrected chi connectivity index (χ3v) is 14.1. The summed E-state index contributed by atoms with van der Waals surface area (Å²) in [5.74, 6) is 1.53. The maximum atomic E-state index is 11.1. The number of hydrogen-bond donors (Lipinski definition) is 0. The normalized spacial score (nSPS) is 32.4. The standard InChI is InChI=1S/C9H16O2.C9H14O2.C8H14O2.C8H12O2.C8H14O2.C8H12O2.C7H12O2.C7H10O2/c2*1-6-4-7(2)9(10)11-8(3)5-6;2*1-6-3-4-8(9)10-7(2)5-6;2*1-6-4-3-5-7(2)10-8(6)9;2*1-6-4-2-3-5-7(8)9-6/h6-8H,4-5H2,1-3H3;4,6,8H,5H2,1-3H3;6-7H,3-5H2,1-2H3;3-4,6-7H,5H2,1-2H3;6-7H,3-5H2,1-2H3;4,7H,3,5H2,1-2H3;6H,2-5H2,1H3;3,5-6H,2,4H2,1H3. The summed E-state index contributed by atoms with van der Waals surface area (Å²) in [6.45, 7) is 31.5. The van der Waals surface area contributed by atoms with Gasteiger partial charge in [-0.25, -0.2) is 19.2 Å². The van der Waals surface area contributed by atoms with Gasteiger partial charge < -0.3 is 37.9 Å². The van der Waals surface area contributed by atoms with Gasteiger partial charge in [-0.2, -0.15) is 0 Å². The second-order valence-corrected chi connectivity index (χ2v) is 23.5. The Labute approximate surface area is 480 Å². The summed E-state index contributed by atoms with van der Waals surface area (Å²) in [5.41, 5.74) is 1.48. The monoisotopic (exact) mass is 1130 g/mol. The van der Waals surface area contributed by atoms with Crippen LogP contribution < -0.4 is 0 Å². The maximum absolute atomic E-state index is 11.1. The van der Waals surface area contributed by atoms with Crippen molar-refractivity contribution >= 4 is 47.8 Å². The van der Waals surface area contributed by atoms with E-state index in [4.69, 9.17) is 37.9 Å². The molecule has 0 amide bonds. The zero-order valence-electron chi connectivity index (χ0n) is 51.8. The van der Waals surface area contributed by atoms with Crippen LogP contribution in [0.5, 0.6) is 0 Å². The molecule has 8 heterocycles. The van der Waals surface area contributed by atoms with Crippen LogP contribution in [0.2, 0.25) is 0 Å². The van der Waals surface area contributed by atoms with Crippen molar-refractivity contribution in [1.82, 2.24) is 0 Å². The molecule has 8 rings (SSSR count). The number of allylic oxidation sites excluding steroid dienone is 4. The van der Waals surface area contributed by atoms with E-state index in [1.165, 1.54) is 12.2 Å². The van der Waals surface area contributed by atoms with Crippen molar-refractivity contribution in [2.24, 2.45) is 35.5 Å². The second kappa shape index (κ2) is 40.0. The van der Waals surface area contributed by atoms with Gasteiger partial charge >= 0.3 is 47.8 Å². The molecule has 4 saturated heterocycles. The summed E-state index contributed by atoms with van der Waals surface area (Å²) >= 11 is 0. The van der Waals surface area contributed by atoms with E-state index in [2.05, 4.69) is 27.7 Å². The predicted octanol–water partition coefficient (Wildman–Crippen LogP) is 13.3. The molecule has 0 bridgehead atoms. The first-order valence-corrected chi connectivity index (χ1v) is 29.9. The number of carbonyl (C=O) groups excluding carboxylic acids is 8. The molecular weight excluding hydrogens is 1020 g/mol. The number of esters is 8. The lowest BCUT2D eigenvalue weighted by molar-refractivity contribution is -0.152. The zero-order valence-corrected chi connectivity index (χ0v) is 51.8. The minimum absolute atomic E-state index is 0.0231. The lowest BCUT2D eigenvalue weighted by atomic mass is 9.95. The van der Waals surface area contributed by atoms with Crippen LogP contribution in [0.4, 0.5) is 0 Å². The number of hydrogen-bond acceptors (Lipinski definition) is 16. The first-order chi connectivity index (χ1) is 37.5. The van der Waals surface area contributed by atoms with Crippen LogP contribution in [-0.2, 0) is 76.3 Å². The molecule has 0 aromatic rings. The zero-order chi connectivity index (χ0) is 60.5. The summed E-state index contributed by atoms with van der Waals surface area (Å²) in [7, 11) is 0. The van der Waals surface area contributed by atoms with Gasteiger partial charge in [0.2, 0.25) is 0 Å². The molecule has 80 heavy (non-hydrogen) atoms. The lowest BCUT2D eigenvalue weighted by Gasteiger charge is -2.10. The van der Waals surface area contributed by atoms with E-state index < -0.39 is 0 Å². The SMILES string of the molecule is CC1=CC(C)CC(C)OC1=O.CC1=CCCC(C)OC1=O.CC1C=CC(=O)OC(C)C1.CC1CC(C)OC(=O)C(C)C1.CC1CCC(=O)OC(C)C1.CC1CCC=CC(=O)O1.CC1CCCC(C)C(=O)O1.CC1CCCCC(=O)O1. The van der Waals surface area contributed by atoms with E-state index in [0.29, 0.717) is 36.5 Å². The van der Waals surface area contributed by atoms with Crippen LogP contribution in [0.25, 0.3) is 0 Å². The first kappa shape index (κ1) is 72.7. The van der Waals surface area contributed by atoms with Gasteiger partial charge in [-0.1, -0.05) is 65.8 Å². The largest absolute Gasteiger partial charge is 0.463 e. The molecule has 0 aliphatic carbocycles. The molecule has 8 aliphatic heterocycles. The van der Waals surface area contributed by atoms with E-state index in [9.17, 15) is 38.4 Å². The smallest absolute Gasteiger partial charge is 0.333 e. The van der Waals surface area contributed by atoms with E-state index in [1.807, 2.05) is 93.5 Å². The Morgan fingerprint density at radius 1 is 0.375 bits per heavy atom. The second-order valence-electron chi connectivity index (χ2n) is 23.5. The van der Waals surface area contributed by atoms with Crippen LogP contribution in [0.3, 0.4) is 0 Å². The minimum atomic E-state index is -0.211. The highest BCUT2D eigenvalue weighted by atomic mass is 16.6. The minimum Gasteiger partial charge on any atom is -0.463 e. The van der Waals surface area contributed by atoms with Crippen molar-refractivity contribution < 1.29 is 76.3 Å². The number of carbonyl (C=O) groups is 8. The van der Waals surface area contributed by atoms with E-state index in [0.717, 1.165) is 114 Å². The van der Waals surface area contributed by atoms with Gasteiger partial charge in [0.15, 0.2) is 0 Å². The Hall–Kier alpha value is -5.28. The summed E-state index contributed by atoms with van der Waals surface area (Å²) in [6.07, 6.45) is 28.7. The number of rotatable bonds is 0. The highest BCUT2D eigenvalue weighted by Gasteiger charge is 2.26. The van der Waals surface area contributed by atoms with Gasteiger partial charge in [0.05, 0.1) is 60.7 Å². The highest BCUT2D eigenvalue weighted by molar-refractivity contribution is 5.88. The fraction of sp³-hybridized carbons (Fsp3) is 0.750. The molecule has 0 N–H and O–H groups in total. The van der Waals surface area contributed by atoms with Gasteiger partial charge in [-0.05, 0) is 196 Å². The van der Waals surface area contributed by atoms with Gasteiger partial charge in [-0.3, -0.25) is 19.2 Å². The fourth-order valence-electron chi connectivity index (χ4n) is 9.65. The molecule has 0 spiro atoms. The molecule has 0 saturated carbocycles. The third kappa shape index (κ3) is 35.5. The van der Waals surface area contributed by atoms with Crippen molar-refractivity contribution in [2.45, 2.75) is 275 Å². The lowest BCUT2D eigenvalue weighted by Crippen LogP contribution is -2.16. The molecule has 456 valence electrons. The van der Waals surface area contributed by atoms with Gasteiger partial charge in [0.1, 0.15) is 0 Å². The summed E-state index contributed by atoms with van der Waals surface area (Å²) < 4.78 is 40.2. The van der Waals surface area contributed by atoms with Gasteiger partial charge in [-0.15, -0.1) is 0 Å². The number of cyclic esters (lactones) is 8. The topological polar surface area (TPSA) is 210 Å². The highest BCUT2D eigenvalue weighted by Crippen LogP contribution is 2.25. The van der Waals surface area contributed by atoms with E-state index >= 15 is 0 Å². The number of ether oxygens (including phenoxy) is 8. The van der Waals surface area contributed by atoms with Crippen LogP contribution >= 0.6 is 0 Å². The van der Waals surface area contributed by atoms with E-state index in [-0.39, 0.29) is 108 Å². The quantitative estimate of drug-likeness (QED) is 0.163. The molecule has 14 atom stereocenters. The van der Waals surface area contributed by atoms with Crippen molar-refractivity contribution in [1.29, 1.82) is 0 Å². The molecule has 16 nitrogen and oxygen atoms in total. The Balaban J connectivity index is 0.000000458. The van der Waals surface area contributed by atoms with Crippen molar-refractivity contribution in [3.05, 3.63) is 47.6 Å². The molecule has 0 aromatic carbocycles. The molecule has 0 radical (unpaired) electrons. The van der Waals surface area contributed by atoms with Crippen LogP contribution in [0, 0.1) is 35.5 Å². The molecule has 4 fully saturated rings. The summed E-state index contributed by atoms with van der Waals surface area (Å²) in [5, 5.41) is 0. The average Bonchev–Trinajstić information content (AvgIpc) is 3.95. The molecule has 14 unspecified atom stereocenters. The van der Waals surface area contributed by atoms with Crippen LogP contribution in [0.15, 0.2) is 47.6 Å². The molecule has 16 heteroatoms. The summed E-state index contributed by atoms with van der Waals surface area (Å²) in [6, 6.07) is 0. The average molecular weight is 1130 g/mol. The fourth-order valence-corrected chi connectivity index (χ4v) is 9.65. The Morgan fingerprint density at radius 3 is 1.55 bits per heavy atom. The van der Waals surface area contributed by atoms with Crippen molar-refractivity contribution in [3.8, 4) is 0 Å². The Morgan fingerprint density at radius 2 is 0.850 bits per heavy atom. The van der Waals surface area contributed by atoms with Crippen molar-refractivity contribution in [2.75, 3.05) is 0 Å². The van der Waals surface area contributed by atoms with Gasteiger partial charge in [0, 0.05) is 36.1 Å². The Kier molecular flexibility index (Phi) is 36.4. The molecular formula is C64H104O16. The van der Waals surface area contributed by atoms with Crippen molar-refractivity contribution in [3.63, 3.8) is 0 Å². The van der Waals surface area contributed by atoms with E-state index in [1.54, 1.807) is 13.8 Å². The molecule has 8 aliphatic rings. The summed E-state index contributed by atoms with van der Waals surface area (Å²) in [4.78, 5) is 87.0. The Bertz CT molecular complexity index is 2040. The first-order valence-electron chi connectivity index (χ1n) is 29.9. The molecule has 0 aromatic heterocycles.